The molecule has 0 saturated carbocycles. The van der Waals surface area contributed by atoms with Gasteiger partial charge in [-0.05, 0) is 59.3 Å². The van der Waals surface area contributed by atoms with Crippen LogP contribution in [-0.2, 0) is 6.54 Å². The number of nitrogens with one attached hydrogen (secondary N) is 1. The summed E-state index contributed by atoms with van der Waals surface area (Å²) in [4.78, 5) is 18.9. The number of benzene rings is 2. The molecule has 35 heavy (non-hydrogen) atoms. The maximum absolute atomic E-state index is 14.6. The van der Waals surface area contributed by atoms with Crippen molar-refractivity contribution >= 4 is 28.9 Å². The van der Waals surface area contributed by atoms with Crippen LogP contribution in [0.3, 0.4) is 0 Å². The van der Waals surface area contributed by atoms with Crippen molar-refractivity contribution in [1.82, 2.24) is 25.2 Å². The van der Waals surface area contributed by atoms with Gasteiger partial charge in [-0.15, -0.1) is 5.10 Å². The Bertz CT molecular complexity index is 1240. The monoisotopic (exact) mass is 495 g/mol. The average molecular weight is 496 g/mol. The number of tetrazole rings is 1. The SMILES string of the molecule is O=C(c1cc(Cl)cc(OCCNc2ccncc2)c1)N(CCCn1cnnn1)c1ccccc1F. The van der Waals surface area contributed by atoms with Crippen molar-refractivity contribution in [3.05, 3.63) is 89.7 Å². The number of para-hydroxylation sites is 1. The second kappa shape index (κ2) is 11.9. The number of aromatic nitrogens is 5. The maximum Gasteiger partial charge on any atom is 0.258 e. The fourth-order valence-corrected chi connectivity index (χ4v) is 3.66. The Hall–Kier alpha value is -4.05. The molecule has 0 spiro atoms. The highest BCUT2D eigenvalue weighted by Crippen LogP contribution is 2.26. The van der Waals surface area contributed by atoms with Crippen LogP contribution in [0.25, 0.3) is 0 Å². The molecule has 11 heteroatoms. The quantitative estimate of drug-likeness (QED) is 0.313. The van der Waals surface area contributed by atoms with Gasteiger partial charge in [0.05, 0.1) is 5.69 Å². The molecule has 180 valence electrons. The molecule has 0 atom stereocenters. The van der Waals surface area contributed by atoms with Gasteiger partial charge in [0.2, 0.25) is 0 Å². The fraction of sp³-hybridized carbons (Fsp3) is 0.208. The molecule has 4 rings (SSSR count). The highest BCUT2D eigenvalue weighted by molar-refractivity contribution is 6.31. The van der Waals surface area contributed by atoms with Gasteiger partial charge in [0, 0.05) is 48.3 Å². The molecule has 9 nitrogen and oxygen atoms in total. The first-order valence-electron chi connectivity index (χ1n) is 10.9. The minimum Gasteiger partial charge on any atom is -0.492 e. The summed E-state index contributed by atoms with van der Waals surface area (Å²) in [5.74, 6) is -0.447. The van der Waals surface area contributed by atoms with Crippen molar-refractivity contribution in [2.45, 2.75) is 13.0 Å². The van der Waals surface area contributed by atoms with Gasteiger partial charge in [-0.2, -0.15) is 0 Å². The number of amides is 1. The molecule has 1 amide bonds. The molecule has 0 unspecified atom stereocenters. The van der Waals surface area contributed by atoms with Crippen LogP contribution in [0.2, 0.25) is 5.02 Å². The summed E-state index contributed by atoms with van der Waals surface area (Å²) in [6.07, 6.45) is 5.39. The zero-order chi connectivity index (χ0) is 24.5. The maximum atomic E-state index is 14.6. The van der Waals surface area contributed by atoms with Crippen molar-refractivity contribution in [2.24, 2.45) is 0 Å². The van der Waals surface area contributed by atoms with Gasteiger partial charge in [-0.25, -0.2) is 9.07 Å². The van der Waals surface area contributed by atoms with Crippen LogP contribution < -0.4 is 15.0 Å². The Balaban J connectivity index is 1.46. The highest BCUT2D eigenvalue weighted by Gasteiger charge is 2.21. The summed E-state index contributed by atoms with van der Waals surface area (Å²) >= 11 is 6.28. The molecule has 0 saturated heterocycles. The predicted molar refractivity (Wildman–Crippen MR) is 130 cm³/mol. The zero-order valence-electron chi connectivity index (χ0n) is 18.7. The number of hydrogen-bond donors (Lipinski definition) is 1. The van der Waals surface area contributed by atoms with E-state index in [0.29, 0.717) is 42.5 Å². The normalized spacial score (nSPS) is 10.7. The first-order valence-corrected chi connectivity index (χ1v) is 11.3. The lowest BCUT2D eigenvalue weighted by atomic mass is 10.1. The van der Waals surface area contributed by atoms with Crippen LogP contribution in [0.5, 0.6) is 5.75 Å². The van der Waals surface area contributed by atoms with E-state index >= 15 is 0 Å². The number of carbonyl (C=O) groups excluding carboxylic acids is 1. The summed E-state index contributed by atoms with van der Waals surface area (Å²) in [6.45, 7) is 1.61. The summed E-state index contributed by atoms with van der Waals surface area (Å²) in [7, 11) is 0. The van der Waals surface area contributed by atoms with Crippen molar-refractivity contribution in [3.63, 3.8) is 0 Å². The van der Waals surface area contributed by atoms with E-state index < -0.39 is 11.7 Å². The van der Waals surface area contributed by atoms with Crippen LogP contribution >= 0.6 is 11.6 Å². The van der Waals surface area contributed by atoms with Crippen LogP contribution in [-0.4, -0.2) is 50.8 Å². The Kier molecular flexibility index (Phi) is 8.18. The number of carbonyl (C=O) groups is 1. The summed E-state index contributed by atoms with van der Waals surface area (Å²) in [5, 5.41) is 14.6. The largest absolute Gasteiger partial charge is 0.492 e. The minimum atomic E-state index is -0.496. The van der Waals surface area contributed by atoms with Gasteiger partial charge >= 0.3 is 0 Å². The van der Waals surface area contributed by atoms with E-state index in [1.807, 2.05) is 12.1 Å². The average Bonchev–Trinajstić information content (AvgIpc) is 3.39. The van der Waals surface area contributed by atoms with Crippen molar-refractivity contribution < 1.29 is 13.9 Å². The summed E-state index contributed by atoms with van der Waals surface area (Å²) in [5.41, 5.74) is 1.39. The molecular formula is C24H23ClFN7O2. The zero-order valence-corrected chi connectivity index (χ0v) is 19.5. The van der Waals surface area contributed by atoms with Crippen LogP contribution in [0.15, 0.2) is 73.3 Å². The molecule has 0 aliphatic heterocycles. The number of nitrogens with zero attached hydrogens (tertiary/aromatic N) is 6. The molecule has 0 aliphatic carbocycles. The summed E-state index contributed by atoms with van der Waals surface area (Å²) < 4.78 is 22.0. The van der Waals surface area contributed by atoms with Crippen LogP contribution in [0.4, 0.5) is 15.8 Å². The van der Waals surface area contributed by atoms with E-state index in [1.165, 1.54) is 17.3 Å². The van der Waals surface area contributed by atoms with E-state index in [0.717, 1.165) is 5.69 Å². The van der Waals surface area contributed by atoms with Gasteiger partial charge in [0.25, 0.3) is 5.91 Å². The standard InChI is InChI=1S/C24H23ClFN7O2/c25-19-14-18(15-21(16-19)35-13-10-28-20-6-8-27-9-7-20)24(34)33(23-5-2-1-4-22(23)26)12-3-11-32-17-29-30-31-32/h1-2,4-9,14-17H,3,10-13H2,(H,27,28). The van der Waals surface area contributed by atoms with E-state index in [1.54, 1.807) is 53.5 Å². The lowest BCUT2D eigenvalue weighted by molar-refractivity contribution is 0.0985. The van der Waals surface area contributed by atoms with E-state index in [4.69, 9.17) is 16.3 Å². The van der Waals surface area contributed by atoms with Gasteiger partial charge in [-0.3, -0.25) is 9.78 Å². The Morgan fingerprint density at radius 2 is 1.97 bits per heavy atom. The van der Waals surface area contributed by atoms with Crippen molar-refractivity contribution in [3.8, 4) is 5.75 Å². The second-order valence-electron chi connectivity index (χ2n) is 7.52. The first-order chi connectivity index (χ1) is 17.1. The molecule has 0 fully saturated rings. The molecule has 2 heterocycles. The van der Waals surface area contributed by atoms with Gasteiger partial charge in [0.1, 0.15) is 24.5 Å². The smallest absolute Gasteiger partial charge is 0.258 e. The Morgan fingerprint density at radius 1 is 1.14 bits per heavy atom. The third-order valence-corrected chi connectivity index (χ3v) is 5.27. The van der Waals surface area contributed by atoms with Gasteiger partial charge in [-0.1, -0.05) is 23.7 Å². The van der Waals surface area contributed by atoms with E-state index in [9.17, 15) is 9.18 Å². The van der Waals surface area contributed by atoms with Crippen LogP contribution in [0, 0.1) is 5.82 Å². The predicted octanol–water partition coefficient (Wildman–Crippen LogP) is 4.09. The molecule has 0 radical (unpaired) electrons. The third kappa shape index (κ3) is 6.73. The molecule has 4 aromatic rings. The lowest BCUT2D eigenvalue weighted by Crippen LogP contribution is -2.33. The topological polar surface area (TPSA) is 98.1 Å². The Labute approximate surface area is 206 Å². The van der Waals surface area contributed by atoms with Crippen molar-refractivity contribution in [2.75, 3.05) is 29.9 Å². The first kappa shape index (κ1) is 24.1. The molecular weight excluding hydrogens is 473 g/mol. The third-order valence-electron chi connectivity index (χ3n) is 5.05. The minimum absolute atomic E-state index is 0.179. The fourth-order valence-electron chi connectivity index (χ4n) is 3.43. The second-order valence-corrected chi connectivity index (χ2v) is 7.96. The summed E-state index contributed by atoms with van der Waals surface area (Å²) in [6, 6.07) is 14.6. The van der Waals surface area contributed by atoms with Crippen molar-refractivity contribution in [1.29, 1.82) is 0 Å². The van der Waals surface area contributed by atoms with Gasteiger partial charge < -0.3 is 15.0 Å². The number of anilines is 2. The molecule has 0 bridgehead atoms. The molecule has 1 N–H and O–H groups in total. The van der Waals surface area contributed by atoms with Crippen LogP contribution in [0.1, 0.15) is 16.8 Å². The number of ether oxygens (including phenoxy) is 1. The van der Waals surface area contributed by atoms with Gasteiger partial charge in [0.15, 0.2) is 0 Å². The highest BCUT2D eigenvalue weighted by atomic mass is 35.5. The number of aryl methyl sites for hydroxylation is 1. The van der Waals surface area contributed by atoms with E-state index in [-0.39, 0.29) is 12.2 Å². The number of hydrogen-bond acceptors (Lipinski definition) is 7. The number of rotatable bonds is 11. The molecule has 0 aliphatic rings. The number of pyridine rings is 1. The molecule has 2 aromatic heterocycles. The lowest BCUT2D eigenvalue weighted by Gasteiger charge is -2.24. The Morgan fingerprint density at radius 3 is 2.74 bits per heavy atom. The number of halogens is 2. The molecule has 2 aromatic carbocycles. The van der Waals surface area contributed by atoms with E-state index in [2.05, 4.69) is 25.8 Å².